The Morgan fingerprint density at radius 3 is 2.43 bits per heavy atom. The van der Waals surface area contributed by atoms with E-state index in [1.54, 1.807) is 43.6 Å². The van der Waals surface area contributed by atoms with Gasteiger partial charge in [0.05, 0.1) is 5.52 Å². The molecule has 2 amide bonds. The summed E-state index contributed by atoms with van der Waals surface area (Å²) in [7, 11) is 1.59. The highest BCUT2D eigenvalue weighted by atomic mass is 79.9. The summed E-state index contributed by atoms with van der Waals surface area (Å²) in [6.45, 7) is 0. The number of fused-ring (bicyclic) bond motifs is 1. The molecule has 0 spiro atoms. The summed E-state index contributed by atoms with van der Waals surface area (Å²) in [5.74, 6) is 0.233. The Morgan fingerprint density at radius 1 is 1.03 bits per heavy atom. The Hall–Kier alpha value is -3.78. The van der Waals surface area contributed by atoms with Gasteiger partial charge in [-0.1, -0.05) is 15.9 Å². The standard InChI is InChI=1S/C27H21BrFN3O3/c1-32(20-7-3-18(29)4-8-20)26(34)27(13-14-27)25(33)31-19-5-9-21(10-6-19)35-24-12-15-30-23-16-17(28)2-11-22(23)24/h2-12,15-16H,13-14H2,1H3,(H,31,33). The molecule has 8 heteroatoms. The molecule has 1 aliphatic rings. The van der Waals surface area contributed by atoms with Gasteiger partial charge in [-0.2, -0.15) is 0 Å². The molecule has 0 aliphatic heterocycles. The van der Waals surface area contributed by atoms with Gasteiger partial charge in [0.15, 0.2) is 0 Å². The van der Waals surface area contributed by atoms with E-state index in [0.29, 0.717) is 35.7 Å². The molecule has 1 fully saturated rings. The monoisotopic (exact) mass is 533 g/mol. The number of carbonyl (C=O) groups excluding carboxylic acids is 2. The Bertz CT molecular complexity index is 1420. The fourth-order valence-corrected chi connectivity index (χ4v) is 4.28. The fourth-order valence-electron chi connectivity index (χ4n) is 3.93. The van der Waals surface area contributed by atoms with E-state index in [2.05, 4.69) is 26.2 Å². The topological polar surface area (TPSA) is 71.5 Å². The van der Waals surface area contributed by atoms with Crippen LogP contribution in [-0.4, -0.2) is 23.8 Å². The lowest BCUT2D eigenvalue weighted by molar-refractivity contribution is -0.132. The average molecular weight is 534 g/mol. The molecule has 0 radical (unpaired) electrons. The maximum absolute atomic E-state index is 13.2. The van der Waals surface area contributed by atoms with Crippen LogP contribution in [0.3, 0.4) is 0 Å². The molecule has 0 unspecified atom stereocenters. The van der Waals surface area contributed by atoms with E-state index in [4.69, 9.17) is 4.74 Å². The van der Waals surface area contributed by atoms with Crippen LogP contribution in [0, 0.1) is 11.2 Å². The van der Waals surface area contributed by atoms with Gasteiger partial charge >= 0.3 is 0 Å². The van der Waals surface area contributed by atoms with Crippen molar-refractivity contribution in [3.63, 3.8) is 0 Å². The maximum atomic E-state index is 13.2. The van der Waals surface area contributed by atoms with Crippen LogP contribution in [0.25, 0.3) is 10.9 Å². The quantitative estimate of drug-likeness (QED) is 0.295. The predicted octanol–water partition coefficient (Wildman–Crippen LogP) is 6.31. The van der Waals surface area contributed by atoms with Crippen LogP contribution in [0.1, 0.15) is 12.8 Å². The summed E-state index contributed by atoms with van der Waals surface area (Å²) in [5, 5.41) is 3.73. The van der Waals surface area contributed by atoms with Crippen molar-refractivity contribution in [1.82, 2.24) is 4.98 Å². The fraction of sp³-hybridized carbons (Fsp3) is 0.148. The number of anilines is 2. The molecule has 5 rings (SSSR count). The summed E-state index contributed by atoms with van der Waals surface area (Å²) in [6.07, 6.45) is 2.62. The van der Waals surface area contributed by atoms with Crippen LogP contribution in [0.5, 0.6) is 11.5 Å². The summed E-state index contributed by atoms with van der Waals surface area (Å²) in [6, 6.07) is 20.2. The van der Waals surface area contributed by atoms with Gasteiger partial charge in [0.25, 0.3) is 0 Å². The molecule has 4 aromatic rings. The first-order chi connectivity index (χ1) is 16.9. The third kappa shape index (κ3) is 4.61. The van der Waals surface area contributed by atoms with Crippen molar-refractivity contribution in [2.45, 2.75) is 12.8 Å². The molecule has 3 aromatic carbocycles. The van der Waals surface area contributed by atoms with E-state index in [9.17, 15) is 14.0 Å². The zero-order valence-corrected chi connectivity index (χ0v) is 20.4. The number of hydrogen-bond acceptors (Lipinski definition) is 4. The van der Waals surface area contributed by atoms with E-state index < -0.39 is 5.41 Å². The molecule has 0 saturated heterocycles. The number of halogens is 2. The molecular weight excluding hydrogens is 513 g/mol. The van der Waals surface area contributed by atoms with Gasteiger partial charge in [-0.05, 0) is 85.6 Å². The number of rotatable bonds is 6. The van der Waals surface area contributed by atoms with Crippen molar-refractivity contribution in [3.05, 3.63) is 89.3 Å². The number of ether oxygens (including phenoxy) is 1. The number of carbonyl (C=O) groups is 2. The molecule has 0 atom stereocenters. The minimum Gasteiger partial charge on any atom is -0.457 e. The van der Waals surface area contributed by atoms with E-state index in [1.807, 2.05) is 18.2 Å². The van der Waals surface area contributed by atoms with E-state index in [-0.39, 0.29) is 17.6 Å². The van der Waals surface area contributed by atoms with Gasteiger partial charge < -0.3 is 15.0 Å². The number of nitrogens with zero attached hydrogens (tertiary/aromatic N) is 2. The molecule has 1 heterocycles. The highest BCUT2D eigenvalue weighted by Gasteiger charge is 2.57. The number of aromatic nitrogens is 1. The van der Waals surface area contributed by atoms with Crippen LogP contribution in [-0.2, 0) is 9.59 Å². The first-order valence-electron chi connectivity index (χ1n) is 11.0. The van der Waals surface area contributed by atoms with Crippen molar-refractivity contribution in [2.24, 2.45) is 5.41 Å². The summed E-state index contributed by atoms with van der Waals surface area (Å²) < 4.78 is 20.2. The Kier molecular flexibility index (Phi) is 5.98. The minimum absolute atomic E-state index is 0.308. The van der Waals surface area contributed by atoms with Crippen LogP contribution in [0.4, 0.5) is 15.8 Å². The van der Waals surface area contributed by atoms with Gasteiger partial charge in [-0.15, -0.1) is 0 Å². The second-order valence-electron chi connectivity index (χ2n) is 8.47. The van der Waals surface area contributed by atoms with E-state index >= 15 is 0 Å². The lowest BCUT2D eigenvalue weighted by Gasteiger charge is -2.23. The Morgan fingerprint density at radius 2 is 1.74 bits per heavy atom. The SMILES string of the molecule is CN(C(=O)C1(C(=O)Nc2ccc(Oc3ccnc4cc(Br)ccc34)cc2)CC1)c1ccc(F)cc1. The van der Waals surface area contributed by atoms with Crippen molar-refractivity contribution in [1.29, 1.82) is 0 Å². The number of amides is 2. The van der Waals surface area contributed by atoms with Crippen molar-refractivity contribution >= 4 is 50.0 Å². The largest absolute Gasteiger partial charge is 0.457 e. The summed E-state index contributed by atoms with van der Waals surface area (Å²) in [4.78, 5) is 31.9. The Balaban J connectivity index is 1.27. The third-order valence-corrected chi connectivity index (χ3v) is 6.61. The Labute approximate surface area is 209 Å². The lowest BCUT2D eigenvalue weighted by atomic mass is 10.0. The second kappa shape index (κ2) is 9.11. The van der Waals surface area contributed by atoms with Crippen molar-refractivity contribution in [2.75, 3.05) is 17.3 Å². The van der Waals surface area contributed by atoms with Crippen LogP contribution < -0.4 is 15.0 Å². The summed E-state index contributed by atoms with van der Waals surface area (Å²) in [5.41, 5.74) is 0.802. The highest BCUT2D eigenvalue weighted by molar-refractivity contribution is 9.10. The zero-order valence-electron chi connectivity index (χ0n) is 18.8. The lowest BCUT2D eigenvalue weighted by Crippen LogP contribution is -2.41. The predicted molar refractivity (Wildman–Crippen MR) is 136 cm³/mol. The van der Waals surface area contributed by atoms with Crippen molar-refractivity contribution < 1.29 is 18.7 Å². The smallest absolute Gasteiger partial charge is 0.242 e. The highest BCUT2D eigenvalue weighted by Crippen LogP contribution is 2.48. The maximum Gasteiger partial charge on any atom is 0.242 e. The number of benzene rings is 3. The number of hydrogen-bond donors (Lipinski definition) is 1. The van der Waals surface area contributed by atoms with Crippen LogP contribution in [0.15, 0.2) is 83.5 Å². The van der Waals surface area contributed by atoms with Gasteiger partial charge in [-0.25, -0.2) is 4.39 Å². The van der Waals surface area contributed by atoms with Crippen LogP contribution >= 0.6 is 15.9 Å². The van der Waals surface area contributed by atoms with Gasteiger partial charge in [0.1, 0.15) is 22.7 Å². The van der Waals surface area contributed by atoms with Gasteiger partial charge in [0, 0.05) is 34.5 Å². The first-order valence-corrected chi connectivity index (χ1v) is 11.8. The second-order valence-corrected chi connectivity index (χ2v) is 9.39. The molecule has 35 heavy (non-hydrogen) atoms. The first kappa shape index (κ1) is 23.0. The van der Waals surface area contributed by atoms with Gasteiger partial charge in [-0.3, -0.25) is 14.6 Å². The molecule has 1 aliphatic carbocycles. The molecule has 1 aromatic heterocycles. The molecule has 1 saturated carbocycles. The third-order valence-electron chi connectivity index (χ3n) is 6.12. The average Bonchev–Trinajstić information content (AvgIpc) is 3.67. The van der Waals surface area contributed by atoms with E-state index in [1.165, 1.54) is 29.2 Å². The van der Waals surface area contributed by atoms with Crippen LogP contribution in [0.2, 0.25) is 0 Å². The molecule has 1 N–H and O–H groups in total. The van der Waals surface area contributed by atoms with E-state index in [0.717, 1.165) is 15.4 Å². The summed E-state index contributed by atoms with van der Waals surface area (Å²) >= 11 is 3.45. The number of nitrogens with one attached hydrogen (secondary N) is 1. The molecule has 0 bridgehead atoms. The zero-order chi connectivity index (χ0) is 24.6. The molecular formula is C27H21BrFN3O3. The molecule has 6 nitrogen and oxygen atoms in total. The van der Waals surface area contributed by atoms with Crippen molar-refractivity contribution in [3.8, 4) is 11.5 Å². The number of pyridine rings is 1. The normalized spacial score (nSPS) is 13.8. The van der Waals surface area contributed by atoms with Gasteiger partial charge in [0.2, 0.25) is 11.8 Å². The molecule has 176 valence electrons. The minimum atomic E-state index is -1.11.